The van der Waals surface area contributed by atoms with Gasteiger partial charge in [0.2, 0.25) is 5.91 Å². The largest absolute Gasteiger partial charge is 0.478 e. The molecule has 1 aromatic rings. The molecule has 1 atom stereocenters. The summed E-state index contributed by atoms with van der Waals surface area (Å²) in [5, 5.41) is 11.6. The fourth-order valence-corrected chi connectivity index (χ4v) is 1.41. The van der Waals surface area contributed by atoms with Gasteiger partial charge in [-0.2, -0.15) is 0 Å². The van der Waals surface area contributed by atoms with Crippen LogP contribution in [0.1, 0.15) is 29.8 Å². The maximum atomic E-state index is 11.8. The van der Waals surface area contributed by atoms with Gasteiger partial charge in [0.05, 0.1) is 11.6 Å². The van der Waals surface area contributed by atoms with Gasteiger partial charge in [-0.15, -0.1) is 0 Å². The Morgan fingerprint density at radius 3 is 2.44 bits per heavy atom. The molecular formula is C13H18N2O3. The standard InChI is InChI=1S/C13H18N2O3/c1-7(2)11(14)12(16)15-10-6-9(13(17)18)5-4-8(10)3/h4-7,11H,14H2,1-3H3,(H,15,16)(H,17,18). The number of rotatable bonds is 4. The lowest BCUT2D eigenvalue weighted by molar-refractivity contribution is -0.118. The van der Waals surface area contributed by atoms with E-state index >= 15 is 0 Å². The van der Waals surface area contributed by atoms with Crippen LogP contribution in [-0.4, -0.2) is 23.0 Å². The first kappa shape index (κ1) is 14.2. The lowest BCUT2D eigenvalue weighted by Gasteiger charge is -2.16. The van der Waals surface area contributed by atoms with Crippen LogP contribution in [-0.2, 0) is 4.79 Å². The first-order valence-electron chi connectivity index (χ1n) is 5.73. The smallest absolute Gasteiger partial charge is 0.335 e. The lowest BCUT2D eigenvalue weighted by atomic mass is 10.0. The highest BCUT2D eigenvalue weighted by Crippen LogP contribution is 2.17. The van der Waals surface area contributed by atoms with Gasteiger partial charge < -0.3 is 16.2 Å². The second-order valence-electron chi connectivity index (χ2n) is 4.59. The number of amides is 1. The molecule has 0 aliphatic heterocycles. The van der Waals surface area contributed by atoms with Crippen LogP contribution in [0.25, 0.3) is 0 Å². The Bertz CT molecular complexity index is 469. The zero-order valence-electron chi connectivity index (χ0n) is 10.7. The van der Waals surface area contributed by atoms with Crippen LogP contribution in [0.3, 0.4) is 0 Å². The van der Waals surface area contributed by atoms with Gasteiger partial charge in [-0.05, 0) is 30.5 Å². The van der Waals surface area contributed by atoms with E-state index in [1.54, 1.807) is 13.0 Å². The number of aryl methyl sites for hydroxylation is 1. The number of anilines is 1. The molecule has 0 spiro atoms. The molecule has 5 heteroatoms. The van der Waals surface area contributed by atoms with Gasteiger partial charge in [0, 0.05) is 5.69 Å². The molecule has 0 aromatic heterocycles. The molecule has 1 aromatic carbocycles. The summed E-state index contributed by atoms with van der Waals surface area (Å²) in [7, 11) is 0. The van der Waals surface area contributed by atoms with E-state index in [1.807, 2.05) is 13.8 Å². The van der Waals surface area contributed by atoms with Gasteiger partial charge in [-0.3, -0.25) is 4.79 Å². The fourth-order valence-electron chi connectivity index (χ4n) is 1.41. The molecule has 0 radical (unpaired) electrons. The summed E-state index contributed by atoms with van der Waals surface area (Å²) >= 11 is 0. The van der Waals surface area contributed by atoms with Crippen molar-refractivity contribution in [3.05, 3.63) is 29.3 Å². The van der Waals surface area contributed by atoms with E-state index in [0.29, 0.717) is 5.69 Å². The zero-order valence-corrected chi connectivity index (χ0v) is 10.7. The normalized spacial score (nSPS) is 12.3. The highest BCUT2D eigenvalue weighted by molar-refractivity contribution is 5.97. The van der Waals surface area contributed by atoms with Gasteiger partial charge in [0.15, 0.2) is 0 Å². The van der Waals surface area contributed by atoms with Crippen LogP contribution in [0.15, 0.2) is 18.2 Å². The van der Waals surface area contributed by atoms with Crippen LogP contribution in [0.2, 0.25) is 0 Å². The molecule has 0 saturated heterocycles. The maximum Gasteiger partial charge on any atom is 0.335 e. The van der Waals surface area contributed by atoms with E-state index in [2.05, 4.69) is 5.32 Å². The molecule has 98 valence electrons. The van der Waals surface area contributed by atoms with Crippen LogP contribution < -0.4 is 11.1 Å². The minimum absolute atomic E-state index is 0.0213. The summed E-state index contributed by atoms with van der Waals surface area (Å²) in [6.45, 7) is 5.50. The minimum Gasteiger partial charge on any atom is -0.478 e. The second kappa shape index (κ2) is 5.64. The molecular weight excluding hydrogens is 232 g/mol. The molecule has 18 heavy (non-hydrogen) atoms. The monoisotopic (exact) mass is 250 g/mol. The van der Waals surface area contributed by atoms with Crippen LogP contribution >= 0.6 is 0 Å². The molecule has 1 amide bonds. The third-order valence-electron chi connectivity index (χ3n) is 2.76. The van der Waals surface area contributed by atoms with Gasteiger partial charge >= 0.3 is 5.97 Å². The van der Waals surface area contributed by atoms with Crippen molar-refractivity contribution in [3.63, 3.8) is 0 Å². The number of carbonyl (C=O) groups is 2. The number of nitrogens with one attached hydrogen (secondary N) is 1. The van der Waals surface area contributed by atoms with Crippen LogP contribution in [0.5, 0.6) is 0 Å². The van der Waals surface area contributed by atoms with E-state index in [0.717, 1.165) is 5.56 Å². The highest BCUT2D eigenvalue weighted by atomic mass is 16.4. The number of carbonyl (C=O) groups excluding carboxylic acids is 1. The van der Waals surface area contributed by atoms with E-state index in [1.165, 1.54) is 12.1 Å². The molecule has 0 aliphatic carbocycles. The Morgan fingerprint density at radius 2 is 1.94 bits per heavy atom. The van der Waals surface area contributed by atoms with E-state index in [9.17, 15) is 9.59 Å². The summed E-state index contributed by atoms with van der Waals surface area (Å²) in [6, 6.07) is 3.97. The van der Waals surface area contributed by atoms with Crippen molar-refractivity contribution >= 4 is 17.6 Å². The number of carboxylic acid groups (broad SMARTS) is 1. The van der Waals surface area contributed by atoms with Crippen molar-refractivity contribution in [3.8, 4) is 0 Å². The number of hydrogen-bond acceptors (Lipinski definition) is 3. The maximum absolute atomic E-state index is 11.8. The molecule has 1 rings (SSSR count). The van der Waals surface area contributed by atoms with Crippen molar-refractivity contribution in [2.45, 2.75) is 26.8 Å². The molecule has 0 aliphatic rings. The second-order valence-corrected chi connectivity index (χ2v) is 4.59. The topological polar surface area (TPSA) is 92.4 Å². The van der Waals surface area contributed by atoms with Crippen LogP contribution in [0, 0.1) is 12.8 Å². The van der Waals surface area contributed by atoms with Crippen molar-refractivity contribution in [2.24, 2.45) is 11.7 Å². The third-order valence-corrected chi connectivity index (χ3v) is 2.76. The third kappa shape index (κ3) is 3.30. The molecule has 0 bridgehead atoms. The van der Waals surface area contributed by atoms with Crippen molar-refractivity contribution in [2.75, 3.05) is 5.32 Å². The first-order valence-corrected chi connectivity index (χ1v) is 5.73. The Labute approximate surface area is 106 Å². The molecule has 4 N–H and O–H groups in total. The number of carboxylic acids is 1. The summed E-state index contributed by atoms with van der Waals surface area (Å²) in [5.41, 5.74) is 7.14. The Morgan fingerprint density at radius 1 is 1.33 bits per heavy atom. The van der Waals surface area contributed by atoms with Crippen molar-refractivity contribution < 1.29 is 14.7 Å². The van der Waals surface area contributed by atoms with Crippen molar-refractivity contribution in [1.29, 1.82) is 0 Å². The highest BCUT2D eigenvalue weighted by Gasteiger charge is 2.18. The minimum atomic E-state index is -1.03. The first-order chi connectivity index (χ1) is 8.32. The van der Waals surface area contributed by atoms with Gasteiger partial charge in [-0.25, -0.2) is 4.79 Å². The van der Waals surface area contributed by atoms with E-state index < -0.39 is 12.0 Å². The summed E-state index contributed by atoms with van der Waals surface area (Å²) < 4.78 is 0. The quantitative estimate of drug-likeness (QED) is 0.757. The Balaban J connectivity index is 2.93. The Kier molecular flexibility index (Phi) is 4.44. The molecule has 1 unspecified atom stereocenters. The molecule has 0 saturated carbocycles. The van der Waals surface area contributed by atoms with Gasteiger partial charge in [0.25, 0.3) is 0 Å². The molecule has 0 fully saturated rings. The lowest BCUT2D eigenvalue weighted by Crippen LogP contribution is -2.39. The fraction of sp³-hybridized carbons (Fsp3) is 0.385. The van der Waals surface area contributed by atoms with Gasteiger partial charge in [0.1, 0.15) is 0 Å². The summed E-state index contributed by atoms with van der Waals surface area (Å²) in [5.74, 6) is -1.32. The summed E-state index contributed by atoms with van der Waals surface area (Å²) in [6.07, 6.45) is 0. The SMILES string of the molecule is Cc1ccc(C(=O)O)cc1NC(=O)C(N)C(C)C. The van der Waals surface area contributed by atoms with Crippen molar-refractivity contribution in [1.82, 2.24) is 0 Å². The average molecular weight is 250 g/mol. The zero-order chi connectivity index (χ0) is 13.9. The number of hydrogen-bond donors (Lipinski definition) is 3. The predicted octanol–water partition coefficient (Wildman–Crippen LogP) is 1.62. The average Bonchev–Trinajstić information content (AvgIpc) is 2.30. The van der Waals surface area contributed by atoms with Crippen LogP contribution in [0.4, 0.5) is 5.69 Å². The number of benzene rings is 1. The van der Waals surface area contributed by atoms with E-state index in [-0.39, 0.29) is 17.4 Å². The van der Waals surface area contributed by atoms with Gasteiger partial charge in [-0.1, -0.05) is 19.9 Å². The molecule has 0 heterocycles. The Hall–Kier alpha value is -1.88. The number of aromatic carboxylic acids is 1. The summed E-state index contributed by atoms with van der Waals surface area (Å²) in [4.78, 5) is 22.7. The molecule has 5 nitrogen and oxygen atoms in total. The van der Waals surface area contributed by atoms with E-state index in [4.69, 9.17) is 10.8 Å². The predicted molar refractivity (Wildman–Crippen MR) is 69.6 cm³/mol. The number of nitrogens with two attached hydrogens (primary N) is 1.